The lowest BCUT2D eigenvalue weighted by atomic mass is 10.3. The van der Waals surface area contributed by atoms with Crippen LogP contribution < -0.4 is 0 Å². The van der Waals surface area contributed by atoms with E-state index in [0.29, 0.717) is 0 Å². The van der Waals surface area contributed by atoms with Gasteiger partial charge in [-0.05, 0) is 19.1 Å². The van der Waals surface area contributed by atoms with Crippen molar-refractivity contribution in [1.82, 2.24) is 0 Å². The number of carbonyl (C=O) groups is 2. The molecule has 0 radical (unpaired) electrons. The van der Waals surface area contributed by atoms with Gasteiger partial charge in [0.25, 0.3) is 0 Å². The first-order valence-corrected chi connectivity index (χ1v) is 2.49. The average Bonchev–Trinajstić information content (AvgIpc) is 1.83. The van der Waals surface area contributed by atoms with Crippen LogP contribution in [0.4, 0.5) is 0 Å². The predicted molar refractivity (Wildman–Crippen MR) is 31.9 cm³/mol. The van der Waals surface area contributed by atoms with Gasteiger partial charge < -0.3 is 5.11 Å². The van der Waals surface area contributed by atoms with Gasteiger partial charge in [0, 0.05) is 0 Å². The summed E-state index contributed by atoms with van der Waals surface area (Å²) in [6.45, 7) is 0.797. The molecule has 9 heavy (non-hydrogen) atoms. The van der Waals surface area contributed by atoms with E-state index in [0.717, 1.165) is 12.2 Å². The average molecular weight is 128 g/mol. The van der Waals surface area contributed by atoms with E-state index < -0.39 is 12.4 Å². The minimum absolute atomic E-state index is 0.197. The highest BCUT2D eigenvalue weighted by atomic mass is 16.3. The monoisotopic (exact) mass is 128 g/mol. The molecule has 0 bridgehead atoms. The highest BCUT2D eigenvalue weighted by molar-refractivity contribution is 5.98. The molecule has 0 fully saturated rings. The van der Waals surface area contributed by atoms with Gasteiger partial charge in [-0.3, -0.25) is 9.59 Å². The SMILES string of the molecule is CC(=O)C=CC(=O)CO. The molecule has 0 aliphatic heterocycles. The third kappa shape index (κ3) is 4.90. The molecule has 0 aromatic heterocycles. The van der Waals surface area contributed by atoms with Gasteiger partial charge in [-0.2, -0.15) is 0 Å². The fraction of sp³-hybridized carbons (Fsp3) is 0.333. The molecule has 1 N–H and O–H groups in total. The Morgan fingerprint density at radius 2 is 2.00 bits per heavy atom. The van der Waals surface area contributed by atoms with E-state index in [1.165, 1.54) is 6.92 Å². The summed E-state index contributed by atoms with van der Waals surface area (Å²) >= 11 is 0. The van der Waals surface area contributed by atoms with Gasteiger partial charge in [0.2, 0.25) is 0 Å². The maximum Gasteiger partial charge on any atom is 0.181 e. The largest absolute Gasteiger partial charge is 0.388 e. The molecule has 0 aliphatic rings. The van der Waals surface area contributed by atoms with Crippen LogP contribution in [0, 0.1) is 0 Å². The molecule has 0 saturated heterocycles. The molecule has 0 amide bonds. The van der Waals surface area contributed by atoms with Crippen LogP contribution in [0.15, 0.2) is 12.2 Å². The van der Waals surface area contributed by atoms with Gasteiger partial charge in [-0.25, -0.2) is 0 Å². The number of rotatable bonds is 3. The number of hydrogen-bond donors (Lipinski definition) is 1. The fourth-order valence-electron chi connectivity index (χ4n) is 0.263. The normalized spacial score (nSPS) is 10.0. The first-order chi connectivity index (χ1) is 4.16. The summed E-state index contributed by atoms with van der Waals surface area (Å²) in [7, 11) is 0. The first-order valence-electron chi connectivity index (χ1n) is 2.49. The molecular weight excluding hydrogens is 120 g/mol. The van der Waals surface area contributed by atoms with Crippen LogP contribution in [0.3, 0.4) is 0 Å². The smallest absolute Gasteiger partial charge is 0.181 e. The lowest BCUT2D eigenvalue weighted by Gasteiger charge is -1.80. The lowest BCUT2D eigenvalue weighted by Crippen LogP contribution is -1.98. The topological polar surface area (TPSA) is 54.4 Å². The number of aliphatic hydroxyl groups excluding tert-OH is 1. The molecule has 3 heteroatoms. The van der Waals surface area contributed by atoms with Crippen LogP contribution in [0.2, 0.25) is 0 Å². The first kappa shape index (κ1) is 8.04. The summed E-state index contributed by atoms with van der Waals surface area (Å²) in [6.07, 6.45) is 2.18. The van der Waals surface area contributed by atoms with E-state index in [4.69, 9.17) is 5.11 Å². The summed E-state index contributed by atoms with van der Waals surface area (Å²) in [6, 6.07) is 0. The van der Waals surface area contributed by atoms with Crippen molar-refractivity contribution in [2.75, 3.05) is 6.61 Å². The van der Waals surface area contributed by atoms with Crippen LogP contribution >= 0.6 is 0 Å². The van der Waals surface area contributed by atoms with Crippen LogP contribution in [0.1, 0.15) is 6.92 Å². The van der Waals surface area contributed by atoms with Crippen molar-refractivity contribution in [2.24, 2.45) is 0 Å². The van der Waals surface area contributed by atoms with Crippen molar-refractivity contribution in [2.45, 2.75) is 6.92 Å². The third-order valence-electron chi connectivity index (χ3n) is 0.660. The Hall–Kier alpha value is -0.960. The Bertz CT molecular complexity index is 146. The number of hydrogen-bond acceptors (Lipinski definition) is 3. The summed E-state index contributed by atoms with van der Waals surface area (Å²) in [5.74, 6) is -0.651. The fourth-order valence-corrected chi connectivity index (χ4v) is 0.263. The maximum absolute atomic E-state index is 10.2. The van der Waals surface area contributed by atoms with Gasteiger partial charge in [-0.15, -0.1) is 0 Å². The van der Waals surface area contributed by atoms with Crippen molar-refractivity contribution in [3.05, 3.63) is 12.2 Å². The summed E-state index contributed by atoms with van der Waals surface area (Å²) in [5, 5.41) is 8.14. The second-order valence-corrected chi connectivity index (χ2v) is 1.57. The van der Waals surface area contributed by atoms with Crippen molar-refractivity contribution in [3.8, 4) is 0 Å². The maximum atomic E-state index is 10.2. The predicted octanol–water partition coefficient (Wildman–Crippen LogP) is -0.307. The van der Waals surface area contributed by atoms with Crippen molar-refractivity contribution < 1.29 is 14.7 Å². The molecule has 50 valence electrons. The number of ketones is 2. The molecular formula is C6H8O3. The molecule has 0 unspecified atom stereocenters. The molecule has 0 spiro atoms. The van der Waals surface area contributed by atoms with E-state index in [2.05, 4.69) is 0 Å². The van der Waals surface area contributed by atoms with Gasteiger partial charge in [0.15, 0.2) is 11.6 Å². The molecule has 0 rings (SSSR count). The van der Waals surface area contributed by atoms with E-state index in [-0.39, 0.29) is 5.78 Å². The minimum Gasteiger partial charge on any atom is -0.388 e. The quantitative estimate of drug-likeness (QED) is 0.530. The van der Waals surface area contributed by atoms with Gasteiger partial charge >= 0.3 is 0 Å². The van der Waals surface area contributed by atoms with Crippen LogP contribution in [-0.2, 0) is 9.59 Å². The Morgan fingerprint density at radius 3 is 2.33 bits per heavy atom. The summed E-state index contributed by atoms with van der Waals surface area (Å²) in [4.78, 5) is 20.4. The minimum atomic E-state index is -0.538. The number of carbonyl (C=O) groups excluding carboxylic acids is 2. The Balaban J connectivity index is 3.71. The van der Waals surface area contributed by atoms with Gasteiger partial charge in [-0.1, -0.05) is 0 Å². The Kier molecular flexibility index (Phi) is 3.55. The zero-order chi connectivity index (χ0) is 7.28. The van der Waals surface area contributed by atoms with E-state index in [1.807, 2.05) is 0 Å². The van der Waals surface area contributed by atoms with Gasteiger partial charge in [0.1, 0.15) is 6.61 Å². The highest BCUT2D eigenvalue weighted by Gasteiger charge is 1.90. The summed E-state index contributed by atoms with van der Waals surface area (Å²) < 4.78 is 0. The van der Waals surface area contributed by atoms with E-state index in [1.54, 1.807) is 0 Å². The molecule has 0 atom stereocenters. The highest BCUT2D eigenvalue weighted by Crippen LogP contribution is 1.76. The zero-order valence-corrected chi connectivity index (χ0v) is 5.13. The molecule has 0 aromatic carbocycles. The van der Waals surface area contributed by atoms with Crippen LogP contribution in [0.5, 0.6) is 0 Å². The molecule has 0 heterocycles. The number of allylic oxidation sites excluding steroid dienone is 1. The van der Waals surface area contributed by atoms with Crippen molar-refractivity contribution in [3.63, 3.8) is 0 Å². The van der Waals surface area contributed by atoms with Gasteiger partial charge in [0.05, 0.1) is 0 Å². The molecule has 3 nitrogen and oxygen atoms in total. The van der Waals surface area contributed by atoms with Crippen LogP contribution in [0.25, 0.3) is 0 Å². The standard InChI is InChI=1S/C6H8O3/c1-5(8)2-3-6(9)4-7/h2-3,7H,4H2,1H3. The molecule has 0 saturated carbocycles. The van der Waals surface area contributed by atoms with E-state index in [9.17, 15) is 9.59 Å². The van der Waals surface area contributed by atoms with Crippen molar-refractivity contribution >= 4 is 11.6 Å². The summed E-state index contributed by atoms with van der Waals surface area (Å²) in [5.41, 5.74) is 0. The lowest BCUT2D eigenvalue weighted by molar-refractivity contribution is -0.118. The Labute approximate surface area is 53.0 Å². The van der Waals surface area contributed by atoms with E-state index >= 15 is 0 Å². The molecule has 0 aromatic rings. The third-order valence-corrected chi connectivity index (χ3v) is 0.660. The Morgan fingerprint density at radius 1 is 1.44 bits per heavy atom. The second kappa shape index (κ2) is 3.97. The van der Waals surface area contributed by atoms with Crippen LogP contribution in [-0.4, -0.2) is 23.3 Å². The van der Waals surface area contributed by atoms with Crippen molar-refractivity contribution in [1.29, 1.82) is 0 Å². The zero-order valence-electron chi connectivity index (χ0n) is 5.13. The second-order valence-electron chi connectivity index (χ2n) is 1.57. The number of aliphatic hydroxyl groups is 1. The molecule has 0 aliphatic carbocycles.